The van der Waals surface area contributed by atoms with E-state index in [1.807, 2.05) is 18.2 Å². The molecule has 170 valence electrons. The predicted molar refractivity (Wildman–Crippen MR) is 133 cm³/mol. The van der Waals surface area contributed by atoms with Gasteiger partial charge in [0.25, 0.3) is 0 Å². The Balaban J connectivity index is 0.00000341. The first-order valence-electron chi connectivity index (χ1n) is 10.3. The Morgan fingerprint density at radius 1 is 1.06 bits per heavy atom. The summed E-state index contributed by atoms with van der Waals surface area (Å²) in [4.78, 5) is 4.54. The average Bonchev–Trinajstić information content (AvgIpc) is 2.77. The summed E-state index contributed by atoms with van der Waals surface area (Å²) >= 11 is 0. The van der Waals surface area contributed by atoms with Gasteiger partial charge in [-0.25, -0.2) is 12.8 Å². The van der Waals surface area contributed by atoms with Gasteiger partial charge in [-0.3, -0.25) is 4.99 Å². The molecule has 0 amide bonds. The van der Waals surface area contributed by atoms with Crippen LogP contribution in [0, 0.1) is 5.82 Å². The van der Waals surface area contributed by atoms with Crippen LogP contribution >= 0.6 is 24.0 Å². The zero-order valence-corrected chi connectivity index (χ0v) is 20.8. The second-order valence-corrected chi connectivity index (χ2v) is 9.21. The van der Waals surface area contributed by atoms with Crippen LogP contribution in [0.25, 0.3) is 0 Å². The molecular weight excluding hydrogens is 530 g/mol. The molecule has 0 bridgehead atoms. The van der Waals surface area contributed by atoms with Crippen LogP contribution in [0.2, 0.25) is 0 Å². The van der Waals surface area contributed by atoms with E-state index in [-0.39, 0.29) is 29.8 Å². The molecule has 1 fully saturated rings. The van der Waals surface area contributed by atoms with Gasteiger partial charge < -0.3 is 10.6 Å². The summed E-state index contributed by atoms with van der Waals surface area (Å²) in [5.74, 6) is 0.318. The molecule has 0 unspecified atom stereocenters. The lowest BCUT2D eigenvalue weighted by Gasteiger charge is -2.27. The summed E-state index contributed by atoms with van der Waals surface area (Å²) in [5.41, 5.74) is 1.60. The van der Waals surface area contributed by atoms with Crippen molar-refractivity contribution >= 4 is 40.0 Å². The Morgan fingerprint density at radius 2 is 1.81 bits per heavy atom. The van der Waals surface area contributed by atoms with Crippen molar-refractivity contribution in [1.82, 2.24) is 14.9 Å². The van der Waals surface area contributed by atoms with Crippen molar-refractivity contribution in [2.24, 2.45) is 4.99 Å². The molecule has 0 atom stereocenters. The molecule has 2 N–H and O–H groups in total. The Kier molecular flexibility index (Phi) is 10.2. The summed E-state index contributed by atoms with van der Waals surface area (Å²) in [6.45, 7) is 2.07. The standard InChI is InChI=1S/C22H29FN4O2S.HI/c1-24-22(25-13-12-18-8-7-10-20(23)16-18)26-17-19-9-3-4-11-21(19)30(28,29)27-14-5-2-6-15-27;/h3-4,7-11,16H,2,5-6,12-15,17H2,1H3,(H2,24,25,26);1H. The lowest BCUT2D eigenvalue weighted by molar-refractivity contribution is 0.346. The van der Waals surface area contributed by atoms with E-state index in [0.717, 1.165) is 24.8 Å². The molecule has 2 aromatic carbocycles. The van der Waals surface area contributed by atoms with E-state index in [2.05, 4.69) is 15.6 Å². The number of nitrogens with zero attached hydrogens (tertiary/aromatic N) is 2. The van der Waals surface area contributed by atoms with Gasteiger partial charge in [0.05, 0.1) is 4.90 Å². The SMILES string of the molecule is CN=C(NCCc1cccc(F)c1)NCc1ccccc1S(=O)(=O)N1CCCCC1.I. The lowest BCUT2D eigenvalue weighted by atomic mass is 10.1. The third-order valence-electron chi connectivity index (χ3n) is 5.17. The fourth-order valence-corrected chi connectivity index (χ4v) is 5.30. The third kappa shape index (κ3) is 7.15. The van der Waals surface area contributed by atoms with Crippen molar-refractivity contribution in [3.8, 4) is 0 Å². The number of nitrogens with one attached hydrogen (secondary N) is 2. The third-order valence-corrected chi connectivity index (χ3v) is 7.17. The van der Waals surface area contributed by atoms with Gasteiger partial charge in [-0.2, -0.15) is 4.31 Å². The first-order valence-corrected chi connectivity index (χ1v) is 11.7. The van der Waals surface area contributed by atoms with Crippen molar-refractivity contribution in [3.05, 3.63) is 65.5 Å². The van der Waals surface area contributed by atoms with Gasteiger partial charge in [0, 0.05) is 33.2 Å². The van der Waals surface area contributed by atoms with Gasteiger partial charge in [0.2, 0.25) is 10.0 Å². The molecule has 6 nitrogen and oxygen atoms in total. The van der Waals surface area contributed by atoms with Crippen molar-refractivity contribution in [1.29, 1.82) is 0 Å². The molecule has 2 aromatic rings. The molecule has 0 aromatic heterocycles. The Labute approximate surface area is 201 Å². The number of guanidine groups is 1. The van der Waals surface area contributed by atoms with Crippen LogP contribution in [0.3, 0.4) is 0 Å². The second-order valence-electron chi connectivity index (χ2n) is 7.30. The largest absolute Gasteiger partial charge is 0.356 e. The van der Waals surface area contributed by atoms with Crippen LogP contribution < -0.4 is 10.6 Å². The minimum Gasteiger partial charge on any atom is -0.356 e. The van der Waals surface area contributed by atoms with E-state index in [4.69, 9.17) is 0 Å². The van der Waals surface area contributed by atoms with Crippen LogP contribution in [-0.2, 0) is 23.0 Å². The summed E-state index contributed by atoms with van der Waals surface area (Å²) in [6.07, 6.45) is 3.54. The van der Waals surface area contributed by atoms with Crippen LogP contribution in [0.15, 0.2) is 58.4 Å². The van der Waals surface area contributed by atoms with Crippen molar-refractivity contribution < 1.29 is 12.8 Å². The molecule has 0 spiro atoms. The van der Waals surface area contributed by atoms with Gasteiger partial charge in [-0.05, 0) is 48.6 Å². The van der Waals surface area contributed by atoms with E-state index in [1.54, 1.807) is 29.6 Å². The van der Waals surface area contributed by atoms with E-state index in [1.165, 1.54) is 12.1 Å². The first kappa shape index (κ1) is 25.5. The molecule has 31 heavy (non-hydrogen) atoms. The molecule has 3 rings (SSSR count). The molecule has 1 aliphatic rings. The number of piperidine rings is 1. The zero-order chi connectivity index (χ0) is 21.4. The maximum atomic E-state index is 13.3. The van der Waals surface area contributed by atoms with E-state index in [9.17, 15) is 12.8 Å². The van der Waals surface area contributed by atoms with E-state index >= 15 is 0 Å². The molecule has 0 saturated carbocycles. The number of sulfonamides is 1. The van der Waals surface area contributed by atoms with Crippen molar-refractivity contribution in [3.63, 3.8) is 0 Å². The Hall–Kier alpha value is -1.72. The fourth-order valence-electron chi connectivity index (χ4n) is 3.56. The number of hydrogen-bond donors (Lipinski definition) is 2. The van der Waals surface area contributed by atoms with Gasteiger partial charge >= 0.3 is 0 Å². The molecule has 1 saturated heterocycles. The number of rotatable bonds is 7. The maximum Gasteiger partial charge on any atom is 0.243 e. The highest BCUT2D eigenvalue weighted by Crippen LogP contribution is 2.23. The fraction of sp³-hybridized carbons (Fsp3) is 0.409. The highest BCUT2D eigenvalue weighted by atomic mass is 127. The lowest BCUT2D eigenvalue weighted by Crippen LogP contribution is -2.39. The van der Waals surface area contributed by atoms with Crippen LogP contribution in [0.4, 0.5) is 4.39 Å². The second kappa shape index (κ2) is 12.4. The van der Waals surface area contributed by atoms with Gasteiger partial charge in [0.1, 0.15) is 5.82 Å². The Bertz CT molecular complexity index is 979. The Morgan fingerprint density at radius 3 is 2.52 bits per heavy atom. The highest BCUT2D eigenvalue weighted by molar-refractivity contribution is 14.0. The number of halogens is 2. The summed E-state index contributed by atoms with van der Waals surface area (Å²) in [6, 6.07) is 13.6. The number of aliphatic imine (C=N–C) groups is 1. The van der Waals surface area contributed by atoms with E-state index in [0.29, 0.717) is 49.0 Å². The topological polar surface area (TPSA) is 73.8 Å². The monoisotopic (exact) mass is 560 g/mol. The van der Waals surface area contributed by atoms with E-state index < -0.39 is 10.0 Å². The molecular formula is C22H30FIN4O2S. The minimum atomic E-state index is -3.51. The summed E-state index contributed by atoms with van der Waals surface area (Å²) in [7, 11) is -1.85. The summed E-state index contributed by atoms with van der Waals surface area (Å²) in [5, 5.41) is 6.37. The normalized spacial score (nSPS) is 15.2. The number of benzene rings is 2. The molecule has 1 aliphatic heterocycles. The maximum absolute atomic E-state index is 13.3. The average molecular weight is 560 g/mol. The van der Waals surface area contributed by atoms with Gasteiger partial charge in [0.15, 0.2) is 5.96 Å². The number of hydrogen-bond acceptors (Lipinski definition) is 3. The quantitative estimate of drug-likeness (QED) is 0.309. The van der Waals surface area contributed by atoms with Crippen molar-refractivity contribution in [2.75, 3.05) is 26.7 Å². The minimum absolute atomic E-state index is 0. The van der Waals surface area contributed by atoms with Gasteiger partial charge in [-0.1, -0.05) is 36.8 Å². The molecule has 0 radical (unpaired) electrons. The zero-order valence-electron chi connectivity index (χ0n) is 17.7. The molecule has 1 heterocycles. The molecule has 9 heteroatoms. The van der Waals surface area contributed by atoms with Gasteiger partial charge in [-0.15, -0.1) is 24.0 Å². The summed E-state index contributed by atoms with van der Waals surface area (Å²) < 4.78 is 41.1. The van der Waals surface area contributed by atoms with Crippen LogP contribution in [-0.4, -0.2) is 45.4 Å². The predicted octanol–water partition coefficient (Wildman–Crippen LogP) is 3.53. The van der Waals surface area contributed by atoms with Crippen LogP contribution in [0.1, 0.15) is 30.4 Å². The van der Waals surface area contributed by atoms with Crippen LogP contribution in [0.5, 0.6) is 0 Å². The molecule has 0 aliphatic carbocycles. The highest BCUT2D eigenvalue weighted by Gasteiger charge is 2.27. The first-order chi connectivity index (χ1) is 14.5. The smallest absolute Gasteiger partial charge is 0.243 e. The van der Waals surface area contributed by atoms with Crippen molar-refractivity contribution in [2.45, 2.75) is 37.1 Å².